The van der Waals surface area contributed by atoms with Crippen molar-refractivity contribution < 1.29 is 0 Å². The Kier molecular flexibility index (Phi) is 2.70. The van der Waals surface area contributed by atoms with E-state index in [1.54, 1.807) is 4.88 Å². The number of nitrogens with one attached hydrogen (secondary N) is 1. The highest BCUT2D eigenvalue weighted by Gasteiger charge is 2.27. The van der Waals surface area contributed by atoms with Crippen molar-refractivity contribution in [2.75, 3.05) is 0 Å². The summed E-state index contributed by atoms with van der Waals surface area (Å²) in [6.45, 7) is 5.65. The number of thiophene rings is 1. The summed E-state index contributed by atoms with van der Waals surface area (Å²) in [4.78, 5) is 1.63. The van der Waals surface area contributed by atoms with Gasteiger partial charge in [-0.05, 0) is 29.9 Å². The van der Waals surface area contributed by atoms with Crippen molar-refractivity contribution in [1.29, 1.82) is 0 Å². The van der Waals surface area contributed by atoms with E-state index in [9.17, 15) is 0 Å². The van der Waals surface area contributed by atoms with Crippen molar-refractivity contribution in [3.63, 3.8) is 0 Å². The summed E-state index contributed by atoms with van der Waals surface area (Å²) in [5, 5.41) is 5.85. The molecule has 0 spiro atoms. The molecule has 2 heteroatoms. The number of hydrogen-bond acceptors (Lipinski definition) is 2. The molecule has 2 heterocycles. The van der Waals surface area contributed by atoms with E-state index < -0.39 is 0 Å². The van der Waals surface area contributed by atoms with Gasteiger partial charge in [0.15, 0.2) is 0 Å². The summed E-state index contributed by atoms with van der Waals surface area (Å²) in [6.07, 6.45) is 2.51. The van der Waals surface area contributed by atoms with Gasteiger partial charge < -0.3 is 5.32 Å². The van der Waals surface area contributed by atoms with Crippen molar-refractivity contribution in [2.24, 2.45) is 0 Å². The predicted molar refractivity (Wildman–Crippen MR) is 58.3 cm³/mol. The predicted octanol–water partition coefficient (Wildman–Crippen LogP) is 3.12. The number of rotatable bonds is 2. The van der Waals surface area contributed by atoms with E-state index in [-0.39, 0.29) is 0 Å². The highest BCUT2D eigenvalue weighted by atomic mass is 32.1. The van der Waals surface area contributed by atoms with Crippen LogP contribution in [0.5, 0.6) is 0 Å². The summed E-state index contributed by atoms with van der Waals surface area (Å²) in [6, 6.07) is 2.97. The van der Waals surface area contributed by atoms with Gasteiger partial charge in [0, 0.05) is 23.4 Å². The molecule has 1 aromatic heterocycles. The van der Waals surface area contributed by atoms with Gasteiger partial charge in [0.2, 0.25) is 0 Å². The minimum atomic E-state index is 0.705. The maximum atomic E-state index is 3.62. The van der Waals surface area contributed by atoms with Gasteiger partial charge in [0.05, 0.1) is 0 Å². The Bertz CT molecular complexity index is 279. The van der Waals surface area contributed by atoms with Gasteiger partial charge in [0.1, 0.15) is 0 Å². The van der Waals surface area contributed by atoms with Crippen LogP contribution in [0.4, 0.5) is 0 Å². The molecule has 2 rings (SSSR count). The van der Waals surface area contributed by atoms with E-state index in [0.717, 1.165) is 12.5 Å². The lowest BCUT2D eigenvalue weighted by Gasteiger charge is -2.31. The van der Waals surface area contributed by atoms with Crippen molar-refractivity contribution in [1.82, 2.24) is 5.32 Å². The third kappa shape index (κ3) is 1.53. The first kappa shape index (κ1) is 9.22. The minimum absolute atomic E-state index is 0.705. The zero-order chi connectivity index (χ0) is 9.26. The fraction of sp³-hybridized carbons (Fsp3) is 0.636. The van der Waals surface area contributed by atoms with Crippen LogP contribution in [0.25, 0.3) is 0 Å². The maximum absolute atomic E-state index is 3.62. The molecule has 0 saturated carbocycles. The minimum Gasteiger partial charge on any atom is -0.309 e. The third-order valence-electron chi connectivity index (χ3n) is 3.04. The zero-order valence-electron chi connectivity index (χ0n) is 8.34. The molecule has 1 aromatic rings. The molecule has 13 heavy (non-hydrogen) atoms. The SMILES string of the molecule is CCC1NCc2ccsc2C1CC. The topological polar surface area (TPSA) is 12.0 Å². The van der Waals surface area contributed by atoms with Gasteiger partial charge in [-0.2, -0.15) is 0 Å². The number of fused-ring (bicyclic) bond motifs is 1. The summed E-state index contributed by atoms with van der Waals surface area (Å²) >= 11 is 1.94. The monoisotopic (exact) mass is 195 g/mol. The fourth-order valence-corrected chi connectivity index (χ4v) is 3.46. The van der Waals surface area contributed by atoms with Gasteiger partial charge >= 0.3 is 0 Å². The third-order valence-corrected chi connectivity index (χ3v) is 4.13. The van der Waals surface area contributed by atoms with Gasteiger partial charge in [0.25, 0.3) is 0 Å². The first-order chi connectivity index (χ1) is 6.36. The Morgan fingerprint density at radius 3 is 3.00 bits per heavy atom. The molecule has 1 aliphatic heterocycles. The molecule has 0 bridgehead atoms. The largest absolute Gasteiger partial charge is 0.309 e. The molecular formula is C11H17NS. The van der Waals surface area contributed by atoms with Crippen LogP contribution in [-0.2, 0) is 6.54 Å². The molecule has 0 amide bonds. The normalized spacial score (nSPS) is 27.2. The highest BCUT2D eigenvalue weighted by molar-refractivity contribution is 7.10. The van der Waals surface area contributed by atoms with Crippen LogP contribution < -0.4 is 5.32 Å². The lowest BCUT2D eigenvalue weighted by Crippen LogP contribution is -2.37. The molecule has 2 atom stereocenters. The summed E-state index contributed by atoms with van der Waals surface area (Å²) in [5.41, 5.74) is 1.53. The van der Waals surface area contributed by atoms with E-state index >= 15 is 0 Å². The van der Waals surface area contributed by atoms with Crippen LogP contribution in [0.3, 0.4) is 0 Å². The van der Waals surface area contributed by atoms with E-state index in [0.29, 0.717) is 6.04 Å². The van der Waals surface area contributed by atoms with Gasteiger partial charge in [-0.25, -0.2) is 0 Å². The summed E-state index contributed by atoms with van der Waals surface area (Å²) in [5.74, 6) is 0.758. The van der Waals surface area contributed by atoms with Crippen LogP contribution in [0.1, 0.15) is 43.0 Å². The van der Waals surface area contributed by atoms with Crippen molar-refractivity contribution in [3.05, 3.63) is 21.9 Å². The van der Waals surface area contributed by atoms with Gasteiger partial charge in [-0.3, -0.25) is 0 Å². The first-order valence-corrected chi connectivity index (χ1v) is 6.04. The zero-order valence-corrected chi connectivity index (χ0v) is 9.16. The smallest absolute Gasteiger partial charge is 0.0219 e. The van der Waals surface area contributed by atoms with Crippen LogP contribution >= 0.6 is 11.3 Å². The Morgan fingerprint density at radius 2 is 2.31 bits per heavy atom. The first-order valence-electron chi connectivity index (χ1n) is 5.16. The van der Waals surface area contributed by atoms with Crippen LogP contribution in [0.2, 0.25) is 0 Å². The van der Waals surface area contributed by atoms with E-state index in [4.69, 9.17) is 0 Å². The standard InChI is InChI=1S/C11H17NS/c1-3-9-10(4-2)12-7-8-5-6-13-11(8)9/h5-6,9-10,12H,3-4,7H2,1-2H3. The van der Waals surface area contributed by atoms with E-state index in [1.165, 1.54) is 18.4 Å². The average molecular weight is 195 g/mol. The average Bonchev–Trinajstić information content (AvgIpc) is 2.63. The second-order valence-corrected chi connectivity index (χ2v) is 4.67. The quantitative estimate of drug-likeness (QED) is 0.764. The van der Waals surface area contributed by atoms with Crippen molar-refractivity contribution >= 4 is 11.3 Å². The molecule has 0 saturated heterocycles. The summed E-state index contributed by atoms with van der Waals surface area (Å²) in [7, 11) is 0. The van der Waals surface area contributed by atoms with E-state index in [1.807, 2.05) is 11.3 Å². The molecule has 1 N–H and O–H groups in total. The molecule has 0 aliphatic carbocycles. The fourth-order valence-electron chi connectivity index (χ4n) is 2.28. The Balaban J connectivity index is 2.29. The molecule has 0 fully saturated rings. The van der Waals surface area contributed by atoms with Crippen LogP contribution in [-0.4, -0.2) is 6.04 Å². The maximum Gasteiger partial charge on any atom is 0.0219 e. The molecule has 0 radical (unpaired) electrons. The molecule has 1 aliphatic rings. The molecular weight excluding hydrogens is 178 g/mol. The van der Waals surface area contributed by atoms with Gasteiger partial charge in [-0.15, -0.1) is 11.3 Å². The Hall–Kier alpha value is -0.340. The lowest BCUT2D eigenvalue weighted by atomic mass is 9.88. The van der Waals surface area contributed by atoms with Crippen LogP contribution in [0, 0.1) is 0 Å². The van der Waals surface area contributed by atoms with Gasteiger partial charge in [-0.1, -0.05) is 13.8 Å². The second-order valence-electron chi connectivity index (χ2n) is 3.72. The van der Waals surface area contributed by atoms with Crippen LogP contribution in [0.15, 0.2) is 11.4 Å². The summed E-state index contributed by atoms with van der Waals surface area (Å²) < 4.78 is 0. The molecule has 1 nitrogen and oxygen atoms in total. The molecule has 0 aromatic carbocycles. The molecule has 2 unspecified atom stereocenters. The Morgan fingerprint density at radius 1 is 1.46 bits per heavy atom. The second kappa shape index (κ2) is 3.81. The van der Waals surface area contributed by atoms with Crippen molar-refractivity contribution in [3.8, 4) is 0 Å². The highest BCUT2D eigenvalue weighted by Crippen LogP contribution is 2.35. The van der Waals surface area contributed by atoms with Crippen molar-refractivity contribution in [2.45, 2.75) is 45.2 Å². The molecule has 72 valence electrons. The Labute approximate surface area is 84.2 Å². The lowest BCUT2D eigenvalue weighted by molar-refractivity contribution is 0.389. The van der Waals surface area contributed by atoms with E-state index in [2.05, 4.69) is 30.6 Å². The number of hydrogen-bond donors (Lipinski definition) is 1.